The van der Waals surface area contributed by atoms with E-state index in [1.807, 2.05) is 6.07 Å². The van der Waals surface area contributed by atoms with E-state index in [0.29, 0.717) is 6.04 Å². The van der Waals surface area contributed by atoms with Crippen LogP contribution in [0.15, 0.2) is 24.3 Å². The molecule has 0 radical (unpaired) electrons. The summed E-state index contributed by atoms with van der Waals surface area (Å²) < 4.78 is 18.4. The van der Waals surface area contributed by atoms with Crippen LogP contribution in [-0.4, -0.2) is 19.3 Å². The number of hydrogen-bond acceptors (Lipinski definition) is 2. The van der Waals surface area contributed by atoms with E-state index in [0.717, 1.165) is 31.6 Å². The molecule has 3 heteroatoms. The predicted octanol–water partition coefficient (Wildman–Crippen LogP) is 2.66. The fraction of sp³-hybridized carbons (Fsp3) is 0.538. The first-order valence-electron chi connectivity index (χ1n) is 5.85. The Bertz CT molecular complexity index is 336. The molecule has 1 fully saturated rings. The quantitative estimate of drug-likeness (QED) is 0.850. The van der Waals surface area contributed by atoms with Crippen molar-refractivity contribution in [2.45, 2.75) is 31.8 Å². The van der Waals surface area contributed by atoms with Crippen LogP contribution in [0, 0.1) is 5.82 Å². The predicted molar refractivity (Wildman–Crippen MR) is 61.8 cm³/mol. The summed E-state index contributed by atoms with van der Waals surface area (Å²) in [6.45, 7) is 3.73. The number of nitrogens with one attached hydrogen (secondary N) is 1. The summed E-state index contributed by atoms with van der Waals surface area (Å²) in [6, 6.07) is 7.47. The zero-order valence-electron chi connectivity index (χ0n) is 9.58. The lowest BCUT2D eigenvalue weighted by Crippen LogP contribution is -2.36. The van der Waals surface area contributed by atoms with Gasteiger partial charge in [-0.2, -0.15) is 0 Å². The van der Waals surface area contributed by atoms with Crippen LogP contribution in [0.5, 0.6) is 0 Å². The molecule has 0 spiro atoms. The number of benzene rings is 1. The van der Waals surface area contributed by atoms with Crippen LogP contribution in [0.25, 0.3) is 0 Å². The average Bonchev–Trinajstić information content (AvgIpc) is 2.30. The molecule has 1 N–H and O–H groups in total. The third kappa shape index (κ3) is 3.03. The van der Waals surface area contributed by atoms with Gasteiger partial charge in [0.2, 0.25) is 0 Å². The van der Waals surface area contributed by atoms with E-state index in [2.05, 4.69) is 12.2 Å². The Morgan fingerprint density at radius 1 is 1.38 bits per heavy atom. The lowest BCUT2D eigenvalue weighted by atomic mass is 10.0. The van der Waals surface area contributed by atoms with Crippen LogP contribution in [0.3, 0.4) is 0 Å². The minimum absolute atomic E-state index is 0.168. The van der Waals surface area contributed by atoms with Gasteiger partial charge < -0.3 is 10.1 Å². The molecule has 1 aliphatic rings. The van der Waals surface area contributed by atoms with Crippen molar-refractivity contribution < 1.29 is 9.13 Å². The molecule has 2 nitrogen and oxygen atoms in total. The molecule has 0 aliphatic carbocycles. The highest BCUT2D eigenvalue weighted by Gasteiger charge is 2.16. The molecule has 2 rings (SSSR count). The first-order valence-corrected chi connectivity index (χ1v) is 5.85. The van der Waals surface area contributed by atoms with Gasteiger partial charge in [0.25, 0.3) is 0 Å². The van der Waals surface area contributed by atoms with Crippen molar-refractivity contribution in [3.63, 3.8) is 0 Å². The second-order valence-electron chi connectivity index (χ2n) is 4.33. The Labute approximate surface area is 95.8 Å². The van der Waals surface area contributed by atoms with Crippen LogP contribution >= 0.6 is 0 Å². The molecule has 0 aromatic heterocycles. The molecule has 1 aromatic rings. The van der Waals surface area contributed by atoms with E-state index >= 15 is 0 Å². The van der Waals surface area contributed by atoms with Crippen molar-refractivity contribution in [2.75, 3.05) is 13.2 Å². The van der Waals surface area contributed by atoms with E-state index in [1.165, 1.54) is 6.07 Å². The molecule has 16 heavy (non-hydrogen) atoms. The Morgan fingerprint density at radius 2 is 2.12 bits per heavy atom. The van der Waals surface area contributed by atoms with Crippen LogP contribution in [-0.2, 0) is 4.74 Å². The lowest BCUT2D eigenvalue weighted by Gasteiger charge is -2.27. The number of rotatable bonds is 3. The summed E-state index contributed by atoms with van der Waals surface area (Å²) in [7, 11) is 0. The van der Waals surface area contributed by atoms with Crippen molar-refractivity contribution in [3.8, 4) is 0 Å². The Kier molecular flexibility index (Phi) is 3.91. The highest BCUT2D eigenvalue weighted by Crippen LogP contribution is 2.17. The highest BCUT2D eigenvalue weighted by atomic mass is 19.1. The van der Waals surface area contributed by atoms with Crippen LogP contribution in [0.2, 0.25) is 0 Å². The van der Waals surface area contributed by atoms with Gasteiger partial charge in [0.1, 0.15) is 5.82 Å². The summed E-state index contributed by atoms with van der Waals surface area (Å²) in [5.41, 5.74) is 1.01. The van der Waals surface area contributed by atoms with Crippen molar-refractivity contribution in [3.05, 3.63) is 35.6 Å². The average molecular weight is 223 g/mol. The zero-order chi connectivity index (χ0) is 11.4. The fourth-order valence-corrected chi connectivity index (χ4v) is 2.09. The van der Waals surface area contributed by atoms with Gasteiger partial charge in [0.05, 0.1) is 0 Å². The molecule has 1 aromatic carbocycles. The molecule has 0 amide bonds. The largest absolute Gasteiger partial charge is 0.381 e. The Hall–Kier alpha value is -0.930. The molecular weight excluding hydrogens is 205 g/mol. The third-order valence-corrected chi connectivity index (χ3v) is 3.06. The second kappa shape index (κ2) is 5.41. The van der Waals surface area contributed by atoms with Crippen LogP contribution in [0.4, 0.5) is 4.39 Å². The Balaban J connectivity index is 1.94. The summed E-state index contributed by atoms with van der Waals surface area (Å²) in [4.78, 5) is 0. The van der Waals surface area contributed by atoms with E-state index in [4.69, 9.17) is 4.74 Å². The van der Waals surface area contributed by atoms with Gasteiger partial charge in [-0.25, -0.2) is 4.39 Å². The standard InChI is InChI=1S/C13H18FNO/c1-10(11-3-2-4-12(14)9-11)15-13-5-7-16-8-6-13/h2-4,9-10,13,15H,5-8H2,1H3. The lowest BCUT2D eigenvalue weighted by molar-refractivity contribution is 0.0754. The maximum absolute atomic E-state index is 13.1. The summed E-state index contributed by atoms with van der Waals surface area (Å²) in [5.74, 6) is -0.168. The maximum atomic E-state index is 13.1. The van der Waals surface area contributed by atoms with E-state index in [-0.39, 0.29) is 11.9 Å². The first kappa shape index (κ1) is 11.6. The van der Waals surface area contributed by atoms with Gasteiger partial charge in [-0.15, -0.1) is 0 Å². The van der Waals surface area contributed by atoms with Crippen LogP contribution in [0.1, 0.15) is 31.4 Å². The molecule has 0 bridgehead atoms. The first-order chi connectivity index (χ1) is 7.75. The monoisotopic (exact) mass is 223 g/mol. The van der Waals surface area contributed by atoms with Crippen molar-refractivity contribution in [1.29, 1.82) is 0 Å². The third-order valence-electron chi connectivity index (χ3n) is 3.06. The van der Waals surface area contributed by atoms with E-state index in [1.54, 1.807) is 12.1 Å². The normalized spacial score (nSPS) is 19.6. The molecular formula is C13H18FNO. The van der Waals surface area contributed by atoms with Crippen molar-refractivity contribution >= 4 is 0 Å². The second-order valence-corrected chi connectivity index (χ2v) is 4.33. The molecule has 1 aliphatic heterocycles. The molecule has 1 atom stereocenters. The Morgan fingerprint density at radius 3 is 2.81 bits per heavy atom. The van der Waals surface area contributed by atoms with E-state index < -0.39 is 0 Å². The molecule has 88 valence electrons. The maximum Gasteiger partial charge on any atom is 0.123 e. The zero-order valence-corrected chi connectivity index (χ0v) is 9.58. The molecule has 1 saturated heterocycles. The minimum atomic E-state index is -0.168. The number of halogens is 1. The summed E-state index contributed by atoms with van der Waals surface area (Å²) in [6.07, 6.45) is 2.08. The summed E-state index contributed by atoms with van der Waals surface area (Å²) in [5, 5.41) is 3.52. The van der Waals surface area contributed by atoms with Gasteiger partial charge in [0, 0.05) is 25.3 Å². The molecule has 1 unspecified atom stereocenters. The van der Waals surface area contributed by atoms with Gasteiger partial charge in [-0.05, 0) is 37.5 Å². The summed E-state index contributed by atoms with van der Waals surface area (Å²) >= 11 is 0. The minimum Gasteiger partial charge on any atom is -0.381 e. The highest BCUT2D eigenvalue weighted by molar-refractivity contribution is 5.19. The van der Waals surface area contributed by atoms with Gasteiger partial charge in [-0.1, -0.05) is 12.1 Å². The fourth-order valence-electron chi connectivity index (χ4n) is 2.09. The van der Waals surface area contributed by atoms with Gasteiger partial charge in [-0.3, -0.25) is 0 Å². The van der Waals surface area contributed by atoms with Gasteiger partial charge >= 0.3 is 0 Å². The van der Waals surface area contributed by atoms with Gasteiger partial charge in [0.15, 0.2) is 0 Å². The van der Waals surface area contributed by atoms with Crippen molar-refractivity contribution in [1.82, 2.24) is 5.32 Å². The topological polar surface area (TPSA) is 21.3 Å². The van der Waals surface area contributed by atoms with Crippen molar-refractivity contribution in [2.24, 2.45) is 0 Å². The molecule has 1 heterocycles. The van der Waals surface area contributed by atoms with Crippen LogP contribution < -0.4 is 5.32 Å². The van der Waals surface area contributed by atoms with E-state index in [9.17, 15) is 4.39 Å². The molecule has 0 saturated carbocycles. The smallest absolute Gasteiger partial charge is 0.123 e. The SMILES string of the molecule is CC(NC1CCOCC1)c1cccc(F)c1. The number of ether oxygens (including phenoxy) is 1. The number of hydrogen-bond donors (Lipinski definition) is 1.